The van der Waals surface area contributed by atoms with Gasteiger partial charge in [0, 0.05) is 6.54 Å². The van der Waals surface area contributed by atoms with Gasteiger partial charge in [-0.1, -0.05) is 26.8 Å². The van der Waals surface area contributed by atoms with E-state index in [0.717, 1.165) is 12.0 Å². The summed E-state index contributed by atoms with van der Waals surface area (Å²) in [7, 11) is -3.53. The van der Waals surface area contributed by atoms with Crippen molar-refractivity contribution in [1.29, 1.82) is 0 Å². The van der Waals surface area contributed by atoms with Crippen LogP contribution < -0.4 is 10.5 Å². The summed E-state index contributed by atoms with van der Waals surface area (Å²) >= 11 is 0. The number of sulfonamides is 1. The highest BCUT2D eigenvalue weighted by molar-refractivity contribution is 7.89. The summed E-state index contributed by atoms with van der Waals surface area (Å²) in [4.78, 5) is 0.153. The molecule has 0 aliphatic rings. The van der Waals surface area contributed by atoms with Crippen LogP contribution in [0.15, 0.2) is 23.1 Å². The van der Waals surface area contributed by atoms with Crippen molar-refractivity contribution < 1.29 is 8.42 Å². The summed E-state index contributed by atoms with van der Waals surface area (Å²) in [6.45, 7) is 8.36. The van der Waals surface area contributed by atoms with Gasteiger partial charge in [0.15, 0.2) is 0 Å². The zero-order valence-electron chi connectivity index (χ0n) is 11.4. The van der Waals surface area contributed by atoms with Gasteiger partial charge in [-0.2, -0.15) is 0 Å². The van der Waals surface area contributed by atoms with Gasteiger partial charge in [-0.05, 0) is 36.5 Å². The normalized spacial score (nSPS) is 12.7. The van der Waals surface area contributed by atoms with Crippen LogP contribution in [0.3, 0.4) is 0 Å². The van der Waals surface area contributed by atoms with Gasteiger partial charge in [0.1, 0.15) is 4.90 Å². The van der Waals surface area contributed by atoms with Gasteiger partial charge < -0.3 is 5.73 Å². The predicted molar refractivity (Wildman–Crippen MR) is 74.9 cm³/mol. The van der Waals surface area contributed by atoms with Crippen molar-refractivity contribution in [2.24, 2.45) is 5.41 Å². The maximum absolute atomic E-state index is 12.1. The van der Waals surface area contributed by atoms with Crippen molar-refractivity contribution in [1.82, 2.24) is 4.72 Å². The van der Waals surface area contributed by atoms with E-state index in [-0.39, 0.29) is 16.0 Å². The smallest absolute Gasteiger partial charge is 0.242 e. The van der Waals surface area contributed by atoms with Gasteiger partial charge >= 0.3 is 0 Å². The van der Waals surface area contributed by atoms with Gasteiger partial charge in [0.25, 0.3) is 0 Å². The molecule has 0 aliphatic carbocycles. The lowest BCUT2D eigenvalue weighted by Crippen LogP contribution is -2.34. The van der Waals surface area contributed by atoms with E-state index in [2.05, 4.69) is 4.72 Å². The number of rotatable bonds is 5. The molecule has 5 heteroatoms. The second-order valence-electron chi connectivity index (χ2n) is 5.38. The number of benzene rings is 1. The van der Waals surface area contributed by atoms with E-state index < -0.39 is 10.0 Å². The van der Waals surface area contributed by atoms with E-state index in [1.165, 1.54) is 0 Å². The molecule has 0 atom stereocenters. The number of nitrogens with two attached hydrogens (primary N) is 1. The average Bonchev–Trinajstić information content (AvgIpc) is 2.26. The zero-order chi connectivity index (χ0) is 14.0. The highest BCUT2D eigenvalue weighted by Crippen LogP contribution is 2.22. The molecule has 0 spiro atoms. The third-order valence-corrected chi connectivity index (χ3v) is 4.63. The summed E-state index contributed by atoms with van der Waals surface area (Å²) in [5.74, 6) is 0. The van der Waals surface area contributed by atoms with Gasteiger partial charge in [-0.3, -0.25) is 0 Å². The number of anilines is 1. The van der Waals surface area contributed by atoms with Crippen LogP contribution >= 0.6 is 0 Å². The molecule has 3 N–H and O–H groups in total. The Morgan fingerprint density at radius 1 is 1.33 bits per heavy atom. The quantitative estimate of drug-likeness (QED) is 0.806. The molecule has 18 heavy (non-hydrogen) atoms. The lowest BCUT2D eigenvalue weighted by atomic mass is 9.91. The van der Waals surface area contributed by atoms with Gasteiger partial charge in [0.2, 0.25) is 10.0 Å². The van der Waals surface area contributed by atoms with E-state index in [0.29, 0.717) is 6.54 Å². The molecule has 0 fully saturated rings. The minimum atomic E-state index is -3.53. The Morgan fingerprint density at radius 3 is 2.44 bits per heavy atom. The van der Waals surface area contributed by atoms with Crippen LogP contribution in [0.4, 0.5) is 5.69 Å². The molecule has 0 unspecified atom stereocenters. The predicted octanol–water partition coefficient (Wildman–Crippen LogP) is 2.29. The Bertz CT molecular complexity index is 522. The molecular weight excluding hydrogens is 248 g/mol. The Morgan fingerprint density at radius 2 is 1.94 bits per heavy atom. The monoisotopic (exact) mass is 270 g/mol. The van der Waals surface area contributed by atoms with Crippen LogP contribution in [-0.2, 0) is 10.0 Å². The summed E-state index contributed by atoms with van der Waals surface area (Å²) in [6.07, 6.45) is 0.902. The first-order valence-corrected chi connectivity index (χ1v) is 7.52. The summed E-state index contributed by atoms with van der Waals surface area (Å²) in [5, 5.41) is 0. The van der Waals surface area contributed by atoms with E-state index in [4.69, 9.17) is 5.73 Å². The van der Waals surface area contributed by atoms with Crippen LogP contribution in [0.5, 0.6) is 0 Å². The Hall–Kier alpha value is -1.07. The van der Waals surface area contributed by atoms with Crippen molar-refractivity contribution in [3.05, 3.63) is 23.8 Å². The van der Waals surface area contributed by atoms with Crippen molar-refractivity contribution in [3.8, 4) is 0 Å². The number of nitrogens with one attached hydrogen (secondary N) is 1. The minimum Gasteiger partial charge on any atom is -0.398 e. The van der Waals surface area contributed by atoms with Gasteiger partial charge in [-0.25, -0.2) is 13.1 Å². The SMILES string of the molecule is CCC(C)(C)CNS(=O)(=O)c1ccc(C)cc1N. The standard InChI is InChI=1S/C13H22N2O2S/c1-5-13(3,4)9-15-18(16,17)12-7-6-10(2)8-11(12)14/h6-8,15H,5,9,14H2,1-4H3. The summed E-state index contributed by atoms with van der Waals surface area (Å²) < 4.78 is 26.9. The fourth-order valence-corrected chi connectivity index (χ4v) is 2.76. The first-order chi connectivity index (χ1) is 8.18. The second kappa shape index (κ2) is 5.28. The summed E-state index contributed by atoms with van der Waals surface area (Å²) in [6, 6.07) is 4.96. The van der Waals surface area contributed by atoms with Gasteiger partial charge in [0.05, 0.1) is 5.69 Å². The molecule has 1 rings (SSSR count). The van der Waals surface area contributed by atoms with Crippen LogP contribution in [0.25, 0.3) is 0 Å². The van der Waals surface area contributed by atoms with Crippen molar-refractivity contribution in [2.75, 3.05) is 12.3 Å². The van der Waals surface area contributed by atoms with Crippen LogP contribution in [0.1, 0.15) is 32.8 Å². The molecule has 0 aromatic heterocycles. The molecule has 0 saturated carbocycles. The molecular formula is C13H22N2O2S. The highest BCUT2D eigenvalue weighted by Gasteiger charge is 2.22. The van der Waals surface area contributed by atoms with Crippen molar-refractivity contribution >= 4 is 15.7 Å². The average molecular weight is 270 g/mol. The topological polar surface area (TPSA) is 72.2 Å². The lowest BCUT2D eigenvalue weighted by molar-refractivity contribution is 0.350. The molecule has 0 aliphatic heterocycles. The van der Waals surface area contributed by atoms with Crippen LogP contribution in [-0.4, -0.2) is 15.0 Å². The molecule has 0 bridgehead atoms. The van der Waals surface area contributed by atoms with Crippen molar-refractivity contribution in [3.63, 3.8) is 0 Å². The lowest BCUT2D eigenvalue weighted by Gasteiger charge is -2.23. The third kappa shape index (κ3) is 3.71. The van der Waals surface area contributed by atoms with E-state index in [1.807, 2.05) is 27.7 Å². The molecule has 0 saturated heterocycles. The first kappa shape index (κ1) is 15.0. The molecule has 1 aromatic rings. The fraction of sp³-hybridized carbons (Fsp3) is 0.538. The Kier molecular flexibility index (Phi) is 4.40. The second-order valence-corrected chi connectivity index (χ2v) is 7.12. The molecule has 0 heterocycles. The maximum Gasteiger partial charge on any atom is 0.242 e. The molecule has 4 nitrogen and oxygen atoms in total. The van der Waals surface area contributed by atoms with E-state index in [9.17, 15) is 8.42 Å². The molecule has 102 valence electrons. The van der Waals surface area contributed by atoms with Crippen LogP contribution in [0, 0.1) is 12.3 Å². The number of nitrogen functional groups attached to an aromatic ring is 1. The van der Waals surface area contributed by atoms with Crippen LogP contribution in [0.2, 0.25) is 0 Å². The highest BCUT2D eigenvalue weighted by atomic mass is 32.2. The van der Waals surface area contributed by atoms with Crippen molar-refractivity contribution in [2.45, 2.75) is 39.0 Å². The Balaban J connectivity index is 2.94. The van der Waals surface area contributed by atoms with E-state index in [1.54, 1.807) is 18.2 Å². The molecule has 0 radical (unpaired) electrons. The zero-order valence-corrected chi connectivity index (χ0v) is 12.3. The molecule has 0 amide bonds. The molecule has 1 aromatic carbocycles. The first-order valence-electron chi connectivity index (χ1n) is 6.04. The van der Waals surface area contributed by atoms with E-state index >= 15 is 0 Å². The maximum atomic E-state index is 12.1. The number of hydrogen-bond acceptors (Lipinski definition) is 3. The minimum absolute atomic E-state index is 0.0630. The number of hydrogen-bond donors (Lipinski definition) is 2. The van der Waals surface area contributed by atoms with Gasteiger partial charge in [-0.15, -0.1) is 0 Å². The number of aryl methyl sites for hydroxylation is 1. The fourth-order valence-electron chi connectivity index (χ4n) is 1.41. The Labute approximate surface area is 110 Å². The largest absolute Gasteiger partial charge is 0.398 e. The summed E-state index contributed by atoms with van der Waals surface area (Å²) in [5.41, 5.74) is 6.93. The third-order valence-electron chi connectivity index (χ3n) is 3.15.